The molecule has 1 aliphatic heterocycles. The molecule has 29 heavy (non-hydrogen) atoms. The quantitative estimate of drug-likeness (QED) is 0.532. The average molecular weight is 425 g/mol. The van der Waals surface area contributed by atoms with Gasteiger partial charge in [-0.3, -0.25) is 14.7 Å². The fraction of sp³-hybridized carbons (Fsp3) is 0.250. The van der Waals surface area contributed by atoms with E-state index in [9.17, 15) is 4.79 Å². The minimum Gasteiger partial charge on any atom is -0.288 e. The van der Waals surface area contributed by atoms with Gasteiger partial charge in [-0.1, -0.05) is 66.4 Å². The second-order valence-electron chi connectivity index (χ2n) is 7.38. The van der Waals surface area contributed by atoms with Gasteiger partial charge in [-0.05, 0) is 60.4 Å². The number of amides is 1. The van der Waals surface area contributed by atoms with Crippen LogP contribution in [0.2, 0.25) is 10.0 Å². The summed E-state index contributed by atoms with van der Waals surface area (Å²) in [6, 6.07) is 15.4. The summed E-state index contributed by atoms with van der Waals surface area (Å²) in [6.07, 6.45) is 11.7. The second kappa shape index (κ2) is 8.98. The summed E-state index contributed by atoms with van der Waals surface area (Å²) in [6.45, 7) is 0. The highest BCUT2D eigenvalue weighted by Crippen LogP contribution is 2.31. The molecule has 0 saturated heterocycles. The zero-order valence-corrected chi connectivity index (χ0v) is 17.5. The number of fused-ring (bicyclic) bond motifs is 1. The Bertz CT molecular complexity index is 961. The number of carbonyl (C=O) groups is 1. The number of amidine groups is 1. The van der Waals surface area contributed by atoms with E-state index in [0.29, 0.717) is 10.0 Å². The molecule has 2 aromatic rings. The zero-order chi connectivity index (χ0) is 20.2. The molecular formula is C24H22Cl2N2O. The Balaban J connectivity index is 1.55. The topological polar surface area (TPSA) is 32.7 Å². The third kappa shape index (κ3) is 4.80. The molecule has 2 aliphatic rings. The fourth-order valence-electron chi connectivity index (χ4n) is 3.91. The molecule has 148 valence electrons. The Morgan fingerprint density at radius 1 is 0.862 bits per heavy atom. The predicted octanol–water partition coefficient (Wildman–Crippen LogP) is 6.27. The maximum absolute atomic E-state index is 13.1. The molecule has 0 aromatic heterocycles. The van der Waals surface area contributed by atoms with Gasteiger partial charge in [0.1, 0.15) is 5.84 Å². The maximum Gasteiger partial charge on any atom is 0.252 e. The molecule has 4 rings (SSSR count). The zero-order valence-electron chi connectivity index (χ0n) is 16.0. The van der Waals surface area contributed by atoms with Gasteiger partial charge in [0.05, 0.1) is 12.1 Å². The van der Waals surface area contributed by atoms with Crippen molar-refractivity contribution in [2.24, 2.45) is 4.99 Å². The smallest absolute Gasteiger partial charge is 0.252 e. The molecule has 1 saturated carbocycles. The summed E-state index contributed by atoms with van der Waals surface area (Å²) in [7, 11) is 0. The lowest BCUT2D eigenvalue weighted by Gasteiger charge is -2.30. The first-order chi connectivity index (χ1) is 14.1. The van der Waals surface area contributed by atoms with Crippen molar-refractivity contribution >= 4 is 47.1 Å². The highest BCUT2D eigenvalue weighted by molar-refractivity contribution is 6.30. The van der Waals surface area contributed by atoms with E-state index in [2.05, 4.69) is 0 Å². The minimum absolute atomic E-state index is 0.0335. The van der Waals surface area contributed by atoms with Crippen LogP contribution in [0.5, 0.6) is 0 Å². The summed E-state index contributed by atoms with van der Waals surface area (Å²) < 4.78 is 0. The molecule has 2 atom stereocenters. The van der Waals surface area contributed by atoms with Gasteiger partial charge in [-0.25, -0.2) is 0 Å². The second-order valence-corrected chi connectivity index (χ2v) is 8.26. The van der Waals surface area contributed by atoms with Crippen LogP contribution in [0, 0.1) is 0 Å². The van der Waals surface area contributed by atoms with Crippen molar-refractivity contribution < 1.29 is 4.79 Å². The Morgan fingerprint density at radius 3 is 2.10 bits per heavy atom. The lowest BCUT2D eigenvalue weighted by Crippen LogP contribution is -2.44. The normalized spacial score (nSPS) is 21.6. The molecule has 0 spiro atoms. The van der Waals surface area contributed by atoms with Gasteiger partial charge < -0.3 is 0 Å². The molecule has 0 N–H and O–H groups in total. The van der Waals surface area contributed by atoms with Gasteiger partial charge >= 0.3 is 0 Å². The van der Waals surface area contributed by atoms with Crippen molar-refractivity contribution in [2.75, 3.05) is 0 Å². The Hall–Kier alpha value is -2.36. The largest absolute Gasteiger partial charge is 0.288 e. The van der Waals surface area contributed by atoms with Gasteiger partial charge in [-0.15, -0.1) is 0 Å². The van der Waals surface area contributed by atoms with E-state index in [0.717, 1.165) is 36.2 Å². The summed E-state index contributed by atoms with van der Waals surface area (Å²) in [4.78, 5) is 19.8. The number of hydrogen-bond acceptors (Lipinski definition) is 2. The lowest BCUT2D eigenvalue weighted by atomic mass is 9.91. The lowest BCUT2D eigenvalue weighted by molar-refractivity contribution is -0.123. The van der Waals surface area contributed by atoms with Gasteiger partial charge in [0, 0.05) is 16.1 Å². The van der Waals surface area contributed by atoms with E-state index in [1.165, 1.54) is 6.42 Å². The van der Waals surface area contributed by atoms with Crippen LogP contribution in [0.4, 0.5) is 0 Å². The third-order valence-electron chi connectivity index (χ3n) is 5.39. The number of hydrogen-bond donors (Lipinski definition) is 0. The van der Waals surface area contributed by atoms with Crippen LogP contribution in [0.15, 0.2) is 65.7 Å². The number of aliphatic imine (C=N–C) groups is 1. The fourth-order valence-corrected chi connectivity index (χ4v) is 4.16. The minimum atomic E-state index is -0.0335. The maximum atomic E-state index is 13.1. The average Bonchev–Trinajstić information content (AvgIpc) is 3.11. The molecule has 1 heterocycles. The summed E-state index contributed by atoms with van der Waals surface area (Å²) in [5.41, 5.74) is 1.97. The number of benzene rings is 2. The van der Waals surface area contributed by atoms with Crippen LogP contribution in [-0.4, -0.2) is 28.7 Å². The molecular weight excluding hydrogens is 403 g/mol. The van der Waals surface area contributed by atoms with E-state index in [4.69, 9.17) is 28.2 Å². The standard InChI is InChI=1S/C24H22Cl2N2O/c25-19-11-5-17(6-12-19)9-15-23-27-21-3-1-2-4-22(21)28(23)24(29)16-10-18-7-13-20(26)14-8-18/h5-16,21-22H,1-4H2/b15-9+,16-10+/t21-,22+/m0/s1. The van der Waals surface area contributed by atoms with Crippen molar-refractivity contribution in [3.05, 3.63) is 81.9 Å². The molecule has 1 amide bonds. The summed E-state index contributed by atoms with van der Waals surface area (Å²) in [5.74, 6) is 0.705. The van der Waals surface area contributed by atoms with E-state index in [-0.39, 0.29) is 18.0 Å². The first-order valence-electron chi connectivity index (χ1n) is 9.88. The van der Waals surface area contributed by atoms with Crippen LogP contribution < -0.4 is 0 Å². The van der Waals surface area contributed by atoms with Crippen molar-refractivity contribution in [3.63, 3.8) is 0 Å². The first kappa shape index (κ1) is 19.9. The van der Waals surface area contributed by atoms with Gasteiger partial charge in [0.15, 0.2) is 0 Å². The van der Waals surface area contributed by atoms with E-state index in [1.54, 1.807) is 6.08 Å². The number of rotatable bonds is 4. The van der Waals surface area contributed by atoms with E-state index >= 15 is 0 Å². The van der Waals surface area contributed by atoms with Crippen LogP contribution in [0.1, 0.15) is 36.8 Å². The number of halogens is 2. The molecule has 0 unspecified atom stereocenters. The van der Waals surface area contributed by atoms with Crippen LogP contribution >= 0.6 is 23.2 Å². The van der Waals surface area contributed by atoms with Crippen molar-refractivity contribution in [3.8, 4) is 0 Å². The first-order valence-corrected chi connectivity index (χ1v) is 10.6. The molecule has 3 nitrogen and oxygen atoms in total. The molecule has 1 aliphatic carbocycles. The van der Waals surface area contributed by atoms with Crippen LogP contribution in [-0.2, 0) is 4.79 Å². The number of nitrogens with zero attached hydrogens (tertiary/aromatic N) is 2. The number of carbonyl (C=O) groups excluding carboxylic acids is 1. The Labute approximate surface area is 181 Å². The van der Waals surface area contributed by atoms with Gasteiger partial charge in [0.25, 0.3) is 5.91 Å². The summed E-state index contributed by atoms with van der Waals surface area (Å²) in [5, 5.41) is 1.38. The summed E-state index contributed by atoms with van der Waals surface area (Å²) >= 11 is 11.9. The van der Waals surface area contributed by atoms with E-state index in [1.807, 2.05) is 71.7 Å². The Morgan fingerprint density at radius 2 is 1.45 bits per heavy atom. The Kier molecular flexibility index (Phi) is 6.17. The monoisotopic (exact) mass is 424 g/mol. The van der Waals surface area contributed by atoms with Crippen molar-refractivity contribution in [1.82, 2.24) is 4.90 Å². The highest BCUT2D eigenvalue weighted by Gasteiger charge is 2.39. The molecule has 5 heteroatoms. The molecule has 0 radical (unpaired) electrons. The van der Waals surface area contributed by atoms with Gasteiger partial charge in [-0.2, -0.15) is 0 Å². The highest BCUT2D eigenvalue weighted by atomic mass is 35.5. The van der Waals surface area contributed by atoms with E-state index < -0.39 is 0 Å². The molecule has 1 fully saturated rings. The predicted molar refractivity (Wildman–Crippen MR) is 121 cm³/mol. The van der Waals surface area contributed by atoms with Crippen molar-refractivity contribution in [1.29, 1.82) is 0 Å². The van der Waals surface area contributed by atoms with Crippen LogP contribution in [0.3, 0.4) is 0 Å². The molecule has 0 bridgehead atoms. The van der Waals surface area contributed by atoms with Crippen LogP contribution in [0.25, 0.3) is 12.2 Å². The van der Waals surface area contributed by atoms with Crippen molar-refractivity contribution in [2.45, 2.75) is 37.8 Å². The molecule has 2 aromatic carbocycles. The van der Waals surface area contributed by atoms with Gasteiger partial charge in [0.2, 0.25) is 0 Å². The third-order valence-corrected chi connectivity index (χ3v) is 5.90. The SMILES string of the molecule is O=C(/C=C/c1ccc(Cl)cc1)N1C(/C=C/c2ccc(Cl)cc2)=N[C@H]2CCCC[C@H]21.